The summed E-state index contributed by atoms with van der Waals surface area (Å²) >= 11 is 1.30. The van der Waals surface area contributed by atoms with Gasteiger partial charge in [-0.05, 0) is 26.1 Å². The molecule has 6 nitrogen and oxygen atoms in total. The molecule has 0 spiro atoms. The van der Waals surface area contributed by atoms with Gasteiger partial charge in [0.2, 0.25) is 11.8 Å². The molecule has 2 aromatic rings. The van der Waals surface area contributed by atoms with Crippen LogP contribution in [0.4, 0.5) is 0 Å². The van der Waals surface area contributed by atoms with Gasteiger partial charge >= 0.3 is 0 Å². The Kier molecular flexibility index (Phi) is 4.97. The van der Waals surface area contributed by atoms with Gasteiger partial charge in [-0.3, -0.25) is 4.79 Å². The Morgan fingerprint density at radius 2 is 1.87 bits per heavy atom. The van der Waals surface area contributed by atoms with Crippen molar-refractivity contribution in [2.75, 3.05) is 39.0 Å². The Balaban J connectivity index is 1.55. The molecule has 1 aromatic carbocycles. The molecular weight excluding hydrogens is 312 g/mol. The molecule has 1 aliphatic heterocycles. The second kappa shape index (κ2) is 7.14. The van der Waals surface area contributed by atoms with E-state index in [1.807, 2.05) is 36.1 Å². The van der Waals surface area contributed by atoms with Gasteiger partial charge < -0.3 is 14.2 Å². The van der Waals surface area contributed by atoms with E-state index in [2.05, 4.69) is 22.1 Å². The second-order valence-electron chi connectivity index (χ2n) is 5.71. The highest BCUT2D eigenvalue weighted by Gasteiger charge is 2.20. The molecule has 0 bridgehead atoms. The number of carbonyl (C=O) groups excluding carboxylic acids is 1. The van der Waals surface area contributed by atoms with Crippen LogP contribution in [0.15, 0.2) is 33.9 Å². The summed E-state index contributed by atoms with van der Waals surface area (Å²) in [6, 6.07) is 7.91. The number of rotatable bonds is 4. The van der Waals surface area contributed by atoms with E-state index in [-0.39, 0.29) is 5.91 Å². The van der Waals surface area contributed by atoms with Crippen LogP contribution in [-0.2, 0) is 4.79 Å². The van der Waals surface area contributed by atoms with Crippen LogP contribution in [0.3, 0.4) is 0 Å². The van der Waals surface area contributed by atoms with Crippen molar-refractivity contribution in [1.29, 1.82) is 0 Å². The molecule has 0 radical (unpaired) electrons. The predicted octanol–water partition coefficient (Wildman–Crippen LogP) is 1.91. The van der Waals surface area contributed by atoms with Gasteiger partial charge in [-0.2, -0.15) is 0 Å². The lowest BCUT2D eigenvalue weighted by Crippen LogP contribution is -2.47. The molecule has 2 heterocycles. The van der Waals surface area contributed by atoms with Crippen molar-refractivity contribution in [2.24, 2.45) is 0 Å². The Bertz CT molecular complexity index is 663. The van der Waals surface area contributed by atoms with Gasteiger partial charge in [0.15, 0.2) is 0 Å². The molecule has 1 aromatic heterocycles. The summed E-state index contributed by atoms with van der Waals surface area (Å²) in [5.41, 5.74) is 2.07. The molecule has 0 aliphatic carbocycles. The van der Waals surface area contributed by atoms with Crippen LogP contribution in [0.5, 0.6) is 0 Å². The highest BCUT2D eigenvalue weighted by Crippen LogP contribution is 2.23. The van der Waals surface area contributed by atoms with Gasteiger partial charge in [0.05, 0.1) is 5.75 Å². The molecular formula is C16H20N4O2S. The van der Waals surface area contributed by atoms with Crippen LogP contribution in [-0.4, -0.2) is 64.9 Å². The smallest absolute Gasteiger partial charge is 0.277 e. The number of nitrogens with zero attached hydrogens (tertiary/aromatic N) is 4. The molecule has 1 aliphatic rings. The summed E-state index contributed by atoms with van der Waals surface area (Å²) in [6.07, 6.45) is 0. The summed E-state index contributed by atoms with van der Waals surface area (Å²) in [7, 11) is 2.07. The van der Waals surface area contributed by atoms with Crippen molar-refractivity contribution in [3.63, 3.8) is 0 Å². The fourth-order valence-electron chi connectivity index (χ4n) is 2.35. The maximum Gasteiger partial charge on any atom is 0.277 e. The Morgan fingerprint density at radius 3 is 2.57 bits per heavy atom. The Labute approximate surface area is 139 Å². The van der Waals surface area contributed by atoms with E-state index >= 15 is 0 Å². The van der Waals surface area contributed by atoms with Crippen LogP contribution in [0.25, 0.3) is 11.5 Å². The molecule has 122 valence electrons. The summed E-state index contributed by atoms with van der Waals surface area (Å²) in [6.45, 7) is 5.45. The lowest BCUT2D eigenvalue weighted by Gasteiger charge is -2.32. The fraction of sp³-hybridized carbons (Fsp3) is 0.438. The lowest BCUT2D eigenvalue weighted by molar-refractivity contribution is -0.129. The van der Waals surface area contributed by atoms with Crippen LogP contribution < -0.4 is 0 Å². The number of aryl methyl sites for hydroxylation is 1. The summed E-state index contributed by atoms with van der Waals surface area (Å²) in [4.78, 5) is 16.3. The maximum absolute atomic E-state index is 12.2. The van der Waals surface area contributed by atoms with Crippen molar-refractivity contribution in [3.05, 3.63) is 29.8 Å². The van der Waals surface area contributed by atoms with Crippen molar-refractivity contribution in [3.8, 4) is 11.5 Å². The molecule has 0 unspecified atom stereocenters. The predicted molar refractivity (Wildman–Crippen MR) is 89.3 cm³/mol. The van der Waals surface area contributed by atoms with Gasteiger partial charge in [0, 0.05) is 31.7 Å². The lowest BCUT2D eigenvalue weighted by atomic mass is 10.1. The van der Waals surface area contributed by atoms with Crippen molar-refractivity contribution < 1.29 is 9.21 Å². The summed E-state index contributed by atoms with van der Waals surface area (Å²) < 4.78 is 5.63. The van der Waals surface area contributed by atoms with Gasteiger partial charge in [-0.25, -0.2) is 0 Å². The standard InChI is InChI=1S/C16H20N4O2S/c1-12-3-5-13(6-4-12)15-17-18-16(22-15)23-11-14(21)20-9-7-19(2)8-10-20/h3-6H,7-11H2,1-2H3. The topological polar surface area (TPSA) is 62.5 Å². The summed E-state index contributed by atoms with van der Waals surface area (Å²) in [5.74, 6) is 0.942. The Morgan fingerprint density at radius 1 is 1.17 bits per heavy atom. The van der Waals surface area contributed by atoms with Crippen molar-refractivity contribution in [2.45, 2.75) is 12.1 Å². The molecule has 0 N–H and O–H groups in total. The normalized spacial score (nSPS) is 15.8. The van der Waals surface area contributed by atoms with Crippen LogP contribution >= 0.6 is 11.8 Å². The molecule has 7 heteroatoms. The molecule has 0 saturated carbocycles. The minimum Gasteiger partial charge on any atom is -0.411 e. The number of amides is 1. The van der Waals surface area contributed by atoms with E-state index in [9.17, 15) is 4.79 Å². The SMILES string of the molecule is Cc1ccc(-c2nnc(SCC(=O)N3CCN(C)CC3)o2)cc1. The number of aromatic nitrogens is 2. The number of hydrogen-bond acceptors (Lipinski definition) is 6. The van der Waals surface area contributed by atoms with Gasteiger partial charge in [0.25, 0.3) is 5.22 Å². The molecule has 23 heavy (non-hydrogen) atoms. The monoisotopic (exact) mass is 332 g/mol. The maximum atomic E-state index is 12.2. The first-order chi connectivity index (χ1) is 11.1. The molecule has 3 rings (SSSR count). The van der Waals surface area contributed by atoms with Gasteiger partial charge in [-0.1, -0.05) is 29.5 Å². The van der Waals surface area contributed by atoms with Crippen molar-refractivity contribution in [1.82, 2.24) is 20.0 Å². The minimum absolute atomic E-state index is 0.123. The van der Waals surface area contributed by atoms with Crippen LogP contribution in [0.1, 0.15) is 5.56 Å². The number of likely N-dealkylation sites (N-methyl/N-ethyl adjacent to an activating group) is 1. The fourth-order valence-corrected chi connectivity index (χ4v) is 3.02. The summed E-state index contributed by atoms with van der Waals surface area (Å²) in [5, 5.41) is 8.49. The first kappa shape index (κ1) is 16.0. The average Bonchev–Trinajstić information content (AvgIpc) is 3.03. The first-order valence-electron chi connectivity index (χ1n) is 7.61. The largest absolute Gasteiger partial charge is 0.411 e. The Hall–Kier alpha value is -1.86. The zero-order valence-electron chi connectivity index (χ0n) is 13.4. The third-order valence-electron chi connectivity index (χ3n) is 3.88. The average molecular weight is 332 g/mol. The van der Waals surface area contributed by atoms with E-state index in [1.54, 1.807) is 0 Å². The first-order valence-corrected chi connectivity index (χ1v) is 8.60. The zero-order valence-corrected chi connectivity index (χ0v) is 14.2. The minimum atomic E-state index is 0.123. The quantitative estimate of drug-likeness (QED) is 0.797. The zero-order chi connectivity index (χ0) is 16.2. The van der Waals surface area contributed by atoms with Gasteiger partial charge in [-0.15, -0.1) is 10.2 Å². The number of carbonyl (C=O) groups is 1. The second-order valence-corrected chi connectivity index (χ2v) is 6.64. The highest BCUT2D eigenvalue weighted by molar-refractivity contribution is 7.99. The van der Waals surface area contributed by atoms with E-state index in [1.165, 1.54) is 17.3 Å². The number of thioether (sulfide) groups is 1. The van der Waals surface area contributed by atoms with E-state index in [4.69, 9.17) is 4.42 Å². The van der Waals surface area contributed by atoms with Crippen molar-refractivity contribution >= 4 is 17.7 Å². The number of piperazine rings is 1. The van der Waals surface area contributed by atoms with Crippen LogP contribution in [0, 0.1) is 6.92 Å². The third-order valence-corrected chi connectivity index (χ3v) is 4.68. The van der Waals surface area contributed by atoms with E-state index < -0.39 is 0 Å². The third kappa shape index (κ3) is 4.11. The molecule has 1 saturated heterocycles. The van der Waals surface area contributed by atoms with Gasteiger partial charge in [0.1, 0.15) is 0 Å². The van der Waals surface area contributed by atoms with E-state index in [0.717, 1.165) is 31.7 Å². The molecule has 1 fully saturated rings. The highest BCUT2D eigenvalue weighted by atomic mass is 32.2. The number of benzene rings is 1. The van der Waals surface area contributed by atoms with E-state index in [0.29, 0.717) is 16.9 Å². The molecule has 0 atom stereocenters. The van der Waals surface area contributed by atoms with Crippen LogP contribution in [0.2, 0.25) is 0 Å². The molecule has 1 amide bonds. The number of hydrogen-bond donors (Lipinski definition) is 0.